The summed E-state index contributed by atoms with van der Waals surface area (Å²) in [4.78, 5) is 17.7. The Balaban J connectivity index is 1.39. The summed E-state index contributed by atoms with van der Waals surface area (Å²) in [6, 6.07) is 16.3. The van der Waals surface area contributed by atoms with Crippen molar-refractivity contribution >= 4 is 16.7 Å². The Kier molecular flexibility index (Phi) is 5.74. The van der Waals surface area contributed by atoms with Gasteiger partial charge in [-0.3, -0.25) is 14.7 Å². The van der Waals surface area contributed by atoms with Crippen molar-refractivity contribution in [3.63, 3.8) is 0 Å². The summed E-state index contributed by atoms with van der Waals surface area (Å²) in [7, 11) is 0. The lowest BCUT2D eigenvalue weighted by molar-refractivity contribution is -0.124. The first-order chi connectivity index (χ1) is 14.1. The number of aryl methyl sites for hydroxylation is 1. The van der Waals surface area contributed by atoms with Gasteiger partial charge in [0.05, 0.1) is 6.54 Å². The number of β-amino-alcohol motifs (C(OH)–C–C–N with tert-alkyl or cyclic N) is 1. The summed E-state index contributed by atoms with van der Waals surface area (Å²) in [5.41, 5.74) is 3.22. The van der Waals surface area contributed by atoms with Crippen molar-refractivity contribution < 1.29 is 14.6 Å². The second kappa shape index (κ2) is 8.59. The predicted molar refractivity (Wildman–Crippen MR) is 113 cm³/mol. The zero-order valence-corrected chi connectivity index (χ0v) is 16.5. The van der Waals surface area contributed by atoms with Crippen molar-refractivity contribution in [2.45, 2.75) is 13.0 Å². The van der Waals surface area contributed by atoms with E-state index in [1.807, 2.05) is 42.3 Å². The number of ether oxygens (including phenoxy) is 1. The number of hydrogen-bond acceptors (Lipinski definition) is 5. The molecule has 1 aliphatic rings. The second-order valence-electron chi connectivity index (χ2n) is 7.46. The second-order valence-corrected chi connectivity index (χ2v) is 7.46. The number of aliphatic hydroxyl groups is 1. The molecule has 1 aliphatic heterocycles. The van der Waals surface area contributed by atoms with Crippen LogP contribution in [0.25, 0.3) is 21.9 Å². The molecule has 1 unspecified atom stereocenters. The van der Waals surface area contributed by atoms with Crippen LogP contribution in [0.2, 0.25) is 0 Å². The van der Waals surface area contributed by atoms with E-state index >= 15 is 0 Å². The maximum absolute atomic E-state index is 11.4. The van der Waals surface area contributed by atoms with Gasteiger partial charge < -0.3 is 15.2 Å². The van der Waals surface area contributed by atoms with Crippen LogP contribution in [-0.2, 0) is 4.79 Å². The number of carbonyl (C=O) groups is 1. The number of fused-ring (bicyclic) bond motifs is 1. The number of hydrogen-bond donors (Lipinski definition) is 2. The van der Waals surface area contributed by atoms with Gasteiger partial charge in [0, 0.05) is 37.1 Å². The number of carbonyl (C=O) groups excluding carboxylic acids is 1. The number of nitrogens with one attached hydrogen (secondary N) is 1. The third-order valence-electron chi connectivity index (χ3n) is 5.09. The molecule has 29 heavy (non-hydrogen) atoms. The van der Waals surface area contributed by atoms with Crippen molar-refractivity contribution in [1.82, 2.24) is 15.2 Å². The van der Waals surface area contributed by atoms with Crippen LogP contribution in [0.5, 0.6) is 5.75 Å². The van der Waals surface area contributed by atoms with Gasteiger partial charge in [-0.25, -0.2) is 0 Å². The largest absolute Gasteiger partial charge is 0.491 e. The number of aliphatic hydroxyl groups excluding tert-OH is 1. The van der Waals surface area contributed by atoms with E-state index in [-0.39, 0.29) is 12.5 Å². The van der Waals surface area contributed by atoms with E-state index in [0.29, 0.717) is 19.6 Å². The molecule has 150 valence electrons. The van der Waals surface area contributed by atoms with Gasteiger partial charge in [-0.05, 0) is 47.5 Å². The topological polar surface area (TPSA) is 74.7 Å². The smallest absolute Gasteiger partial charge is 0.234 e. The van der Waals surface area contributed by atoms with Gasteiger partial charge >= 0.3 is 0 Å². The van der Waals surface area contributed by atoms with Crippen LogP contribution in [0, 0.1) is 6.92 Å². The lowest BCUT2D eigenvalue weighted by Gasteiger charge is -2.28. The molecule has 0 radical (unpaired) electrons. The standard InChI is InChI=1S/C23H25N3O3/c1-16-2-3-20(12-25-16)18-4-5-19-11-22(7-6-17(19)10-18)29-15-21(27)13-26-9-8-24-23(28)14-26/h2-7,10-12,21,27H,8-9,13-15H2,1H3,(H,24,28). The van der Waals surface area contributed by atoms with Crippen LogP contribution < -0.4 is 10.1 Å². The highest BCUT2D eigenvalue weighted by atomic mass is 16.5. The first-order valence-electron chi connectivity index (χ1n) is 9.83. The van der Waals surface area contributed by atoms with Crippen LogP contribution in [0.4, 0.5) is 0 Å². The SMILES string of the molecule is Cc1ccc(-c2ccc3cc(OCC(O)CN4CCNC(=O)C4)ccc3c2)cn1. The van der Waals surface area contributed by atoms with Crippen LogP contribution in [0.15, 0.2) is 54.7 Å². The molecule has 1 aromatic heterocycles. The number of nitrogens with zero attached hydrogens (tertiary/aromatic N) is 2. The Bertz CT molecular complexity index is 1000. The first-order valence-corrected chi connectivity index (χ1v) is 9.83. The van der Waals surface area contributed by atoms with Gasteiger partial charge in [0.2, 0.25) is 5.91 Å². The summed E-state index contributed by atoms with van der Waals surface area (Å²) in [6.45, 7) is 4.29. The van der Waals surface area contributed by atoms with Crippen molar-refractivity contribution in [2.75, 3.05) is 32.8 Å². The molecule has 6 nitrogen and oxygen atoms in total. The Morgan fingerprint density at radius 2 is 1.93 bits per heavy atom. The fraction of sp³-hybridized carbons (Fsp3) is 0.304. The summed E-state index contributed by atoms with van der Waals surface area (Å²) in [5.74, 6) is 0.720. The lowest BCUT2D eigenvalue weighted by atomic mass is 10.0. The van der Waals surface area contributed by atoms with E-state index in [1.165, 1.54) is 0 Å². The van der Waals surface area contributed by atoms with E-state index < -0.39 is 6.10 Å². The fourth-order valence-electron chi connectivity index (χ4n) is 3.52. The molecule has 0 saturated carbocycles. The average Bonchev–Trinajstić information content (AvgIpc) is 2.72. The minimum absolute atomic E-state index is 0.000291. The maximum Gasteiger partial charge on any atom is 0.234 e. The van der Waals surface area contributed by atoms with Crippen molar-refractivity contribution in [3.8, 4) is 16.9 Å². The molecule has 0 spiro atoms. The van der Waals surface area contributed by atoms with Gasteiger partial charge in [0.15, 0.2) is 0 Å². The highest BCUT2D eigenvalue weighted by molar-refractivity contribution is 5.88. The molecule has 1 fully saturated rings. The predicted octanol–water partition coefficient (Wildman–Crippen LogP) is 2.38. The van der Waals surface area contributed by atoms with Crippen LogP contribution in [-0.4, -0.2) is 59.8 Å². The highest BCUT2D eigenvalue weighted by Gasteiger charge is 2.19. The van der Waals surface area contributed by atoms with E-state index in [9.17, 15) is 9.90 Å². The number of aromatic nitrogens is 1. The quantitative estimate of drug-likeness (QED) is 0.675. The van der Waals surface area contributed by atoms with Crippen molar-refractivity contribution in [1.29, 1.82) is 0 Å². The van der Waals surface area contributed by atoms with Crippen LogP contribution in [0.1, 0.15) is 5.69 Å². The van der Waals surface area contributed by atoms with Gasteiger partial charge in [-0.1, -0.05) is 24.3 Å². The van der Waals surface area contributed by atoms with Crippen molar-refractivity contribution in [3.05, 3.63) is 60.4 Å². The van der Waals surface area contributed by atoms with Gasteiger partial charge in [0.1, 0.15) is 18.5 Å². The normalized spacial score (nSPS) is 15.9. The summed E-state index contributed by atoms with van der Waals surface area (Å²) < 4.78 is 5.79. The maximum atomic E-state index is 11.4. The molecule has 1 amide bonds. The third kappa shape index (κ3) is 4.91. The molecular weight excluding hydrogens is 366 g/mol. The minimum atomic E-state index is -0.645. The molecule has 0 aliphatic carbocycles. The zero-order chi connectivity index (χ0) is 20.2. The minimum Gasteiger partial charge on any atom is -0.491 e. The molecule has 2 N–H and O–H groups in total. The number of rotatable bonds is 6. The van der Waals surface area contributed by atoms with E-state index in [0.717, 1.165) is 39.9 Å². The van der Waals surface area contributed by atoms with Crippen molar-refractivity contribution in [2.24, 2.45) is 0 Å². The van der Waals surface area contributed by atoms with Gasteiger partial charge in [0.25, 0.3) is 0 Å². The average molecular weight is 391 g/mol. The monoisotopic (exact) mass is 391 g/mol. The first kappa shape index (κ1) is 19.4. The van der Waals surface area contributed by atoms with Gasteiger partial charge in [-0.2, -0.15) is 0 Å². The molecule has 3 aromatic rings. The number of benzene rings is 2. The molecule has 6 heteroatoms. The molecule has 1 atom stereocenters. The molecular formula is C23H25N3O3. The van der Waals surface area contributed by atoms with Crippen LogP contribution >= 0.6 is 0 Å². The summed E-state index contributed by atoms with van der Waals surface area (Å²) in [5, 5.41) is 15.2. The van der Waals surface area contributed by atoms with Gasteiger partial charge in [-0.15, -0.1) is 0 Å². The molecule has 2 heterocycles. The molecule has 2 aromatic carbocycles. The highest BCUT2D eigenvalue weighted by Crippen LogP contribution is 2.27. The Morgan fingerprint density at radius 1 is 1.14 bits per heavy atom. The summed E-state index contributed by atoms with van der Waals surface area (Å²) in [6.07, 6.45) is 1.24. The Labute approximate surface area is 170 Å². The Hall–Kier alpha value is -2.96. The number of amides is 1. The lowest BCUT2D eigenvalue weighted by Crippen LogP contribution is -2.50. The third-order valence-corrected chi connectivity index (χ3v) is 5.09. The molecule has 0 bridgehead atoms. The Morgan fingerprint density at radius 3 is 2.72 bits per heavy atom. The fourth-order valence-corrected chi connectivity index (χ4v) is 3.52. The molecule has 1 saturated heterocycles. The molecule has 4 rings (SSSR count). The van der Waals surface area contributed by atoms with Crippen LogP contribution in [0.3, 0.4) is 0 Å². The van der Waals surface area contributed by atoms with E-state index in [2.05, 4.69) is 34.6 Å². The van der Waals surface area contributed by atoms with E-state index in [4.69, 9.17) is 4.74 Å². The zero-order valence-electron chi connectivity index (χ0n) is 16.5. The number of pyridine rings is 1. The summed E-state index contributed by atoms with van der Waals surface area (Å²) >= 11 is 0. The van der Waals surface area contributed by atoms with E-state index in [1.54, 1.807) is 0 Å². The number of piperazine rings is 1.